The van der Waals surface area contributed by atoms with Gasteiger partial charge >= 0.3 is 0 Å². The van der Waals surface area contributed by atoms with E-state index in [0.717, 1.165) is 18.5 Å². The first-order valence-electron chi connectivity index (χ1n) is 4.19. The predicted octanol–water partition coefficient (Wildman–Crippen LogP) is 2.38. The van der Waals surface area contributed by atoms with Gasteiger partial charge in [0.05, 0.1) is 15.7 Å². The number of nitrogens with zero attached hydrogens (tertiary/aromatic N) is 1. The third-order valence-electron chi connectivity index (χ3n) is 2.55. The molecular formula is C9H10Cl2N2. The second-order valence-electron chi connectivity index (χ2n) is 3.47. The summed E-state index contributed by atoms with van der Waals surface area (Å²) in [4.78, 5) is 4.24. The molecule has 0 aliphatic heterocycles. The van der Waals surface area contributed by atoms with E-state index >= 15 is 0 Å². The van der Waals surface area contributed by atoms with Crippen molar-refractivity contribution < 1.29 is 0 Å². The maximum atomic E-state index is 6.03. The Bertz CT molecular complexity index is 334. The van der Waals surface area contributed by atoms with Crippen molar-refractivity contribution in [3.63, 3.8) is 0 Å². The predicted molar refractivity (Wildman–Crippen MR) is 54.2 cm³/mol. The highest BCUT2D eigenvalue weighted by molar-refractivity contribution is 6.34. The van der Waals surface area contributed by atoms with E-state index in [-0.39, 0.29) is 5.41 Å². The summed E-state index contributed by atoms with van der Waals surface area (Å²) in [5, 5.41) is 1.21. The SMILES string of the molecule is NCC1(c2ncc(Cl)cc2Cl)CC1. The van der Waals surface area contributed by atoms with Crippen molar-refractivity contribution in [3.05, 3.63) is 28.0 Å². The molecule has 2 rings (SSSR count). The molecular weight excluding hydrogens is 207 g/mol. The lowest BCUT2D eigenvalue weighted by Gasteiger charge is -2.12. The zero-order chi connectivity index (χ0) is 9.47. The zero-order valence-corrected chi connectivity index (χ0v) is 8.57. The standard InChI is InChI=1S/C9H10Cl2N2/c10-6-3-7(11)8(13-4-6)9(5-12)1-2-9/h3-4H,1-2,5,12H2. The monoisotopic (exact) mass is 216 g/mol. The molecule has 13 heavy (non-hydrogen) atoms. The Hall–Kier alpha value is -0.310. The molecule has 4 heteroatoms. The fourth-order valence-electron chi connectivity index (χ4n) is 1.49. The van der Waals surface area contributed by atoms with Gasteiger partial charge in [0.2, 0.25) is 0 Å². The number of hydrogen-bond acceptors (Lipinski definition) is 2. The summed E-state index contributed by atoms with van der Waals surface area (Å²) in [6.45, 7) is 0.612. The lowest BCUT2D eigenvalue weighted by Crippen LogP contribution is -2.21. The van der Waals surface area contributed by atoms with Crippen molar-refractivity contribution in [3.8, 4) is 0 Å². The molecule has 0 aromatic carbocycles. The Kier molecular flexibility index (Phi) is 2.22. The molecule has 1 aliphatic carbocycles. The molecule has 1 aliphatic rings. The summed E-state index contributed by atoms with van der Waals surface area (Å²) in [7, 11) is 0. The minimum Gasteiger partial charge on any atom is -0.330 e. The molecule has 0 atom stereocenters. The molecule has 1 aromatic heterocycles. The fourth-order valence-corrected chi connectivity index (χ4v) is 2.07. The van der Waals surface area contributed by atoms with Crippen molar-refractivity contribution in [2.24, 2.45) is 5.73 Å². The first kappa shape index (κ1) is 9.25. The van der Waals surface area contributed by atoms with Gasteiger partial charge in [-0.25, -0.2) is 0 Å². The quantitative estimate of drug-likeness (QED) is 0.825. The van der Waals surface area contributed by atoms with Gasteiger partial charge in [0, 0.05) is 18.2 Å². The molecule has 0 unspecified atom stereocenters. The second kappa shape index (κ2) is 3.12. The Morgan fingerprint density at radius 1 is 1.46 bits per heavy atom. The minimum atomic E-state index is 0.0433. The van der Waals surface area contributed by atoms with Crippen molar-refractivity contribution in [1.29, 1.82) is 0 Å². The topological polar surface area (TPSA) is 38.9 Å². The molecule has 1 heterocycles. The maximum absolute atomic E-state index is 6.03. The van der Waals surface area contributed by atoms with Crippen LogP contribution in [0.1, 0.15) is 18.5 Å². The van der Waals surface area contributed by atoms with Gasteiger partial charge in [0.15, 0.2) is 0 Å². The second-order valence-corrected chi connectivity index (χ2v) is 4.31. The molecule has 0 bridgehead atoms. The van der Waals surface area contributed by atoms with Crippen LogP contribution in [-0.2, 0) is 5.41 Å². The molecule has 2 N–H and O–H groups in total. The van der Waals surface area contributed by atoms with Crippen LogP contribution in [0.2, 0.25) is 10.0 Å². The molecule has 0 saturated heterocycles. The van der Waals surface area contributed by atoms with Crippen LogP contribution in [0.15, 0.2) is 12.3 Å². The number of rotatable bonds is 2. The van der Waals surface area contributed by atoms with Crippen LogP contribution >= 0.6 is 23.2 Å². The average Bonchev–Trinajstić information content (AvgIpc) is 2.85. The number of pyridine rings is 1. The van der Waals surface area contributed by atoms with E-state index in [0.29, 0.717) is 16.6 Å². The Morgan fingerprint density at radius 3 is 2.62 bits per heavy atom. The normalized spacial score (nSPS) is 18.7. The summed E-state index contributed by atoms with van der Waals surface area (Å²) in [6.07, 6.45) is 3.79. The van der Waals surface area contributed by atoms with Gasteiger partial charge in [0.1, 0.15) is 0 Å². The lowest BCUT2D eigenvalue weighted by atomic mass is 10.0. The van der Waals surface area contributed by atoms with Crippen LogP contribution in [0.25, 0.3) is 0 Å². The highest BCUT2D eigenvalue weighted by Gasteiger charge is 2.45. The van der Waals surface area contributed by atoms with Crippen LogP contribution in [0.5, 0.6) is 0 Å². The zero-order valence-electron chi connectivity index (χ0n) is 7.06. The smallest absolute Gasteiger partial charge is 0.0665 e. The number of halogens is 2. The number of hydrogen-bond donors (Lipinski definition) is 1. The van der Waals surface area contributed by atoms with Crippen LogP contribution in [0.4, 0.5) is 0 Å². The van der Waals surface area contributed by atoms with Gasteiger partial charge in [-0.05, 0) is 18.9 Å². The third-order valence-corrected chi connectivity index (χ3v) is 3.05. The van der Waals surface area contributed by atoms with Gasteiger partial charge in [-0.15, -0.1) is 0 Å². The molecule has 0 radical (unpaired) electrons. The van der Waals surface area contributed by atoms with E-state index in [9.17, 15) is 0 Å². The molecule has 1 fully saturated rings. The largest absolute Gasteiger partial charge is 0.330 e. The highest BCUT2D eigenvalue weighted by atomic mass is 35.5. The average molecular weight is 217 g/mol. The first-order valence-corrected chi connectivity index (χ1v) is 4.95. The molecule has 0 spiro atoms. The van der Waals surface area contributed by atoms with E-state index in [1.807, 2.05) is 0 Å². The summed E-state index contributed by atoms with van der Waals surface area (Å²) in [5.74, 6) is 0. The molecule has 70 valence electrons. The number of aromatic nitrogens is 1. The fraction of sp³-hybridized carbons (Fsp3) is 0.444. The summed E-state index contributed by atoms with van der Waals surface area (Å²) in [5.41, 5.74) is 6.62. The van der Waals surface area contributed by atoms with Crippen LogP contribution < -0.4 is 5.73 Å². The summed E-state index contributed by atoms with van der Waals surface area (Å²) >= 11 is 11.8. The van der Waals surface area contributed by atoms with E-state index in [1.165, 1.54) is 0 Å². The van der Waals surface area contributed by atoms with Crippen molar-refractivity contribution in [2.75, 3.05) is 6.54 Å². The van der Waals surface area contributed by atoms with E-state index in [1.54, 1.807) is 12.3 Å². The lowest BCUT2D eigenvalue weighted by molar-refractivity contribution is 0.679. The van der Waals surface area contributed by atoms with E-state index in [2.05, 4.69) is 4.98 Å². The van der Waals surface area contributed by atoms with E-state index in [4.69, 9.17) is 28.9 Å². The van der Waals surface area contributed by atoms with Gasteiger partial charge in [-0.2, -0.15) is 0 Å². The van der Waals surface area contributed by atoms with Gasteiger partial charge in [-0.1, -0.05) is 23.2 Å². The number of nitrogens with two attached hydrogens (primary N) is 1. The summed E-state index contributed by atoms with van der Waals surface area (Å²) < 4.78 is 0. The maximum Gasteiger partial charge on any atom is 0.0665 e. The van der Waals surface area contributed by atoms with Crippen LogP contribution in [-0.4, -0.2) is 11.5 Å². The Morgan fingerprint density at radius 2 is 2.15 bits per heavy atom. The summed E-state index contributed by atoms with van der Waals surface area (Å²) in [6, 6.07) is 1.72. The van der Waals surface area contributed by atoms with Gasteiger partial charge < -0.3 is 5.73 Å². The highest BCUT2D eigenvalue weighted by Crippen LogP contribution is 2.48. The minimum absolute atomic E-state index is 0.0433. The molecule has 1 aromatic rings. The molecule has 1 saturated carbocycles. The van der Waals surface area contributed by atoms with Crippen LogP contribution in [0, 0.1) is 0 Å². The van der Waals surface area contributed by atoms with Gasteiger partial charge in [0.25, 0.3) is 0 Å². The Labute approximate surface area is 87.1 Å². The van der Waals surface area contributed by atoms with Gasteiger partial charge in [-0.3, -0.25) is 4.98 Å². The van der Waals surface area contributed by atoms with Crippen LogP contribution in [0.3, 0.4) is 0 Å². The Balaban J connectivity index is 2.41. The van der Waals surface area contributed by atoms with Crippen molar-refractivity contribution in [1.82, 2.24) is 4.98 Å². The van der Waals surface area contributed by atoms with Crippen molar-refractivity contribution in [2.45, 2.75) is 18.3 Å². The molecule has 2 nitrogen and oxygen atoms in total. The molecule has 0 amide bonds. The first-order chi connectivity index (χ1) is 6.18. The third kappa shape index (κ3) is 1.54. The van der Waals surface area contributed by atoms with E-state index < -0.39 is 0 Å². The van der Waals surface area contributed by atoms with Crippen molar-refractivity contribution >= 4 is 23.2 Å².